The summed E-state index contributed by atoms with van der Waals surface area (Å²) in [6.07, 6.45) is 0. The van der Waals surface area contributed by atoms with Gasteiger partial charge in [-0.25, -0.2) is 4.79 Å². The Kier molecular flexibility index (Phi) is 3.48. The number of carbonyl (C=O) groups is 1. The van der Waals surface area contributed by atoms with Gasteiger partial charge >= 0.3 is 5.97 Å². The predicted octanol–water partition coefficient (Wildman–Crippen LogP) is 4.09. The SMILES string of the molecule is Cc1cc(C(=O)O)ccc1Nc1c(Cl)ccc2nsnc12. The smallest absolute Gasteiger partial charge is 0.335 e. The number of nitrogens with zero attached hydrogens (tertiary/aromatic N) is 2. The fourth-order valence-corrected chi connectivity index (χ4v) is 2.76. The van der Waals surface area contributed by atoms with Crippen molar-refractivity contribution >= 4 is 51.7 Å². The lowest BCUT2D eigenvalue weighted by atomic mass is 10.1. The van der Waals surface area contributed by atoms with Crippen molar-refractivity contribution in [1.82, 2.24) is 8.75 Å². The molecule has 0 fully saturated rings. The Bertz CT molecular complexity index is 847. The Labute approximate surface area is 129 Å². The zero-order chi connectivity index (χ0) is 15.0. The Morgan fingerprint density at radius 2 is 2.10 bits per heavy atom. The van der Waals surface area contributed by atoms with Crippen LogP contribution in [0.1, 0.15) is 15.9 Å². The Morgan fingerprint density at radius 3 is 2.81 bits per heavy atom. The van der Waals surface area contributed by atoms with Crippen molar-refractivity contribution in [3.63, 3.8) is 0 Å². The molecule has 1 aromatic heterocycles. The first-order valence-corrected chi connectivity index (χ1v) is 7.19. The molecule has 0 spiro atoms. The van der Waals surface area contributed by atoms with Crippen LogP contribution in [0.3, 0.4) is 0 Å². The monoisotopic (exact) mass is 319 g/mol. The number of carboxylic acid groups (broad SMARTS) is 1. The van der Waals surface area contributed by atoms with Crippen LogP contribution in [0.4, 0.5) is 11.4 Å². The molecule has 0 unspecified atom stereocenters. The number of anilines is 2. The zero-order valence-corrected chi connectivity index (χ0v) is 12.5. The summed E-state index contributed by atoms with van der Waals surface area (Å²) in [6, 6.07) is 8.44. The van der Waals surface area contributed by atoms with Gasteiger partial charge in [0.2, 0.25) is 0 Å². The summed E-state index contributed by atoms with van der Waals surface area (Å²) < 4.78 is 8.42. The van der Waals surface area contributed by atoms with Gasteiger partial charge in [-0.15, -0.1) is 0 Å². The van der Waals surface area contributed by atoms with Crippen LogP contribution in [0.15, 0.2) is 30.3 Å². The minimum absolute atomic E-state index is 0.248. The number of hydrogen-bond acceptors (Lipinski definition) is 5. The molecule has 0 aliphatic rings. The average molecular weight is 320 g/mol. The molecule has 0 radical (unpaired) electrons. The van der Waals surface area contributed by atoms with E-state index in [1.54, 1.807) is 24.3 Å². The predicted molar refractivity (Wildman–Crippen MR) is 83.8 cm³/mol. The summed E-state index contributed by atoms with van der Waals surface area (Å²) in [5.41, 5.74) is 3.99. The van der Waals surface area contributed by atoms with Gasteiger partial charge < -0.3 is 10.4 Å². The van der Waals surface area contributed by atoms with Crippen LogP contribution in [0.2, 0.25) is 5.02 Å². The minimum atomic E-state index is -0.950. The van der Waals surface area contributed by atoms with Crippen molar-refractivity contribution in [1.29, 1.82) is 0 Å². The van der Waals surface area contributed by atoms with Crippen molar-refractivity contribution in [3.05, 3.63) is 46.5 Å². The van der Waals surface area contributed by atoms with Gasteiger partial charge in [0.1, 0.15) is 11.0 Å². The molecule has 0 atom stereocenters. The fourth-order valence-electron chi connectivity index (χ4n) is 2.02. The lowest BCUT2D eigenvalue weighted by Crippen LogP contribution is -2.00. The second-order valence-corrected chi connectivity index (χ2v) is 5.45. The van der Waals surface area contributed by atoms with Gasteiger partial charge in [-0.2, -0.15) is 8.75 Å². The van der Waals surface area contributed by atoms with Crippen LogP contribution in [0.5, 0.6) is 0 Å². The number of rotatable bonds is 3. The van der Waals surface area contributed by atoms with Gasteiger partial charge in [-0.1, -0.05) is 11.6 Å². The second-order valence-electron chi connectivity index (χ2n) is 4.51. The molecule has 5 nitrogen and oxygen atoms in total. The first-order chi connectivity index (χ1) is 10.1. The van der Waals surface area contributed by atoms with Crippen molar-refractivity contribution in [3.8, 4) is 0 Å². The van der Waals surface area contributed by atoms with Gasteiger partial charge in [0, 0.05) is 5.69 Å². The van der Waals surface area contributed by atoms with E-state index in [0.717, 1.165) is 28.5 Å². The molecule has 0 aliphatic heterocycles. The van der Waals surface area contributed by atoms with Crippen LogP contribution < -0.4 is 5.32 Å². The van der Waals surface area contributed by atoms with Crippen molar-refractivity contribution in [2.75, 3.05) is 5.32 Å². The maximum absolute atomic E-state index is 11.0. The van der Waals surface area contributed by atoms with Crippen LogP contribution >= 0.6 is 23.3 Å². The number of aromatic carboxylic acids is 1. The first kappa shape index (κ1) is 13.8. The zero-order valence-electron chi connectivity index (χ0n) is 10.9. The molecule has 3 aromatic rings. The molecule has 0 aliphatic carbocycles. The van der Waals surface area contributed by atoms with Gasteiger partial charge in [-0.3, -0.25) is 0 Å². The third-order valence-corrected chi connectivity index (χ3v) is 3.97. The summed E-state index contributed by atoms with van der Waals surface area (Å²) in [6.45, 7) is 1.84. The fraction of sp³-hybridized carbons (Fsp3) is 0.0714. The lowest BCUT2D eigenvalue weighted by Gasteiger charge is -2.12. The minimum Gasteiger partial charge on any atom is -0.478 e. The van der Waals surface area contributed by atoms with Crippen LogP contribution in [-0.4, -0.2) is 19.8 Å². The Hall–Kier alpha value is -2.18. The van der Waals surface area contributed by atoms with Crippen molar-refractivity contribution < 1.29 is 9.90 Å². The molecule has 0 saturated heterocycles. The average Bonchev–Trinajstić information content (AvgIpc) is 2.92. The lowest BCUT2D eigenvalue weighted by molar-refractivity contribution is 0.0697. The van der Waals surface area contributed by atoms with E-state index in [1.807, 2.05) is 13.0 Å². The molecule has 0 saturated carbocycles. The van der Waals surface area contributed by atoms with Gasteiger partial charge in [-0.05, 0) is 42.8 Å². The molecule has 21 heavy (non-hydrogen) atoms. The quantitative estimate of drug-likeness (QED) is 0.760. The maximum Gasteiger partial charge on any atom is 0.335 e. The highest BCUT2D eigenvalue weighted by Crippen LogP contribution is 2.33. The third-order valence-electron chi connectivity index (χ3n) is 3.11. The highest BCUT2D eigenvalue weighted by molar-refractivity contribution is 7.00. The number of halogens is 1. The molecule has 2 N–H and O–H groups in total. The van der Waals surface area contributed by atoms with E-state index >= 15 is 0 Å². The molecule has 3 rings (SSSR count). The number of fused-ring (bicyclic) bond motifs is 1. The molecule has 106 valence electrons. The van der Waals surface area contributed by atoms with E-state index in [4.69, 9.17) is 16.7 Å². The molecule has 7 heteroatoms. The molecular formula is C14H10ClN3O2S. The van der Waals surface area contributed by atoms with Crippen molar-refractivity contribution in [2.24, 2.45) is 0 Å². The number of nitrogens with one attached hydrogen (secondary N) is 1. The number of hydrogen-bond donors (Lipinski definition) is 2. The summed E-state index contributed by atoms with van der Waals surface area (Å²) >= 11 is 7.34. The first-order valence-electron chi connectivity index (χ1n) is 6.08. The molecular weight excluding hydrogens is 310 g/mol. The normalized spacial score (nSPS) is 10.8. The third kappa shape index (κ3) is 2.55. The summed E-state index contributed by atoms with van der Waals surface area (Å²) in [7, 11) is 0. The highest BCUT2D eigenvalue weighted by Gasteiger charge is 2.12. The summed E-state index contributed by atoms with van der Waals surface area (Å²) in [5, 5.41) is 12.7. The maximum atomic E-state index is 11.0. The van der Waals surface area contributed by atoms with Gasteiger partial charge in [0.05, 0.1) is 28.0 Å². The molecule has 0 amide bonds. The Morgan fingerprint density at radius 1 is 1.29 bits per heavy atom. The van der Waals surface area contributed by atoms with E-state index in [2.05, 4.69) is 14.1 Å². The van der Waals surface area contributed by atoms with Gasteiger partial charge in [0.15, 0.2) is 0 Å². The van der Waals surface area contributed by atoms with Crippen LogP contribution in [0.25, 0.3) is 11.0 Å². The number of benzene rings is 2. The second kappa shape index (κ2) is 5.31. The molecule has 2 aromatic carbocycles. The standard InChI is InChI=1S/C14H10ClN3O2S/c1-7-6-8(14(19)20)2-4-10(7)16-12-9(15)3-5-11-13(12)18-21-17-11/h2-6,16H,1H3,(H,19,20). The molecule has 0 bridgehead atoms. The topological polar surface area (TPSA) is 75.1 Å². The van der Waals surface area contributed by atoms with E-state index in [9.17, 15) is 4.79 Å². The number of aryl methyl sites for hydroxylation is 1. The van der Waals surface area contributed by atoms with Gasteiger partial charge in [0.25, 0.3) is 0 Å². The summed E-state index contributed by atoms with van der Waals surface area (Å²) in [4.78, 5) is 11.0. The van der Waals surface area contributed by atoms with E-state index < -0.39 is 5.97 Å². The number of aromatic nitrogens is 2. The largest absolute Gasteiger partial charge is 0.478 e. The Balaban J connectivity index is 2.04. The van der Waals surface area contributed by atoms with Crippen LogP contribution in [-0.2, 0) is 0 Å². The van der Waals surface area contributed by atoms with E-state index in [-0.39, 0.29) is 5.56 Å². The summed E-state index contributed by atoms with van der Waals surface area (Å²) in [5.74, 6) is -0.950. The molecule has 1 heterocycles. The van der Waals surface area contributed by atoms with Crippen LogP contribution in [0, 0.1) is 6.92 Å². The van der Waals surface area contributed by atoms with Crippen molar-refractivity contribution in [2.45, 2.75) is 6.92 Å². The van der Waals surface area contributed by atoms with E-state index in [1.165, 1.54) is 0 Å². The highest BCUT2D eigenvalue weighted by atomic mass is 35.5. The number of carboxylic acids is 1. The van der Waals surface area contributed by atoms with E-state index in [0.29, 0.717) is 16.2 Å².